The van der Waals surface area contributed by atoms with Gasteiger partial charge in [0.2, 0.25) is 0 Å². The summed E-state index contributed by atoms with van der Waals surface area (Å²) in [7, 11) is 0. The number of nitrogens with one attached hydrogen (secondary N) is 2. The Hall–Kier alpha value is -1.51. The molecule has 2 N–H and O–H groups in total. The molecule has 1 amide bonds. The van der Waals surface area contributed by atoms with Crippen molar-refractivity contribution in [3.63, 3.8) is 0 Å². The molecule has 2 unspecified atom stereocenters. The van der Waals surface area contributed by atoms with Gasteiger partial charge in [-0.25, -0.2) is 0 Å². The molecule has 0 aromatic heterocycles. The van der Waals surface area contributed by atoms with Crippen molar-refractivity contribution in [2.45, 2.75) is 33.1 Å². The van der Waals surface area contributed by atoms with E-state index in [4.69, 9.17) is 0 Å². The van der Waals surface area contributed by atoms with E-state index in [1.807, 2.05) is 24.3 Å². The normalized spacial score (nSPS) is 22.2. The molecule has 104 valence electrons. The van der Waals surface area contributed by atoms with Gasteiger partial charge in [0, 0.05) is 24.3 Å². The molecule has 2 rings (SSSR count). The van der Waals surface area contributed by atoms with Crippen LogP contribution in [0, 0.1) is 11.8 Å². The maximum absolute atomic E-state index is 12.0. The molecule has 2 atom stereocenters. The van der Waals surface area contributed by atoms with Gasteiger partial charge in [-0.2, -0.15) is 0 Å². The highest BCUT2D eigenvalue weighted by Gasteiger charge is 2.23. The molecule has 1 saturated carbocycles. The van der Waals surface area contributed by atoms with Gasteiger partial charge in [-0.1, -0.05) is 19.8 Å². The van der Waals surface area contributed by atoms with Gasteiger partial charge in [0.1, 0.15) is 0 Å². The predicted molar refractivity (Wildman–Crippen MR) is 79.4 cm³/mol. The first-order chi connectivity index (χ1) is 9.20. The largest absolute Gasteiger partial charge is 0.385 e. The van der Waals surface area contributed by atoms with Crippen molar-refractivity contribution < 1.29 is 4.79 Å². The second-order valence-electron chi connectivity index (χ2n) is 5.49. The maximum atomic E-state index is 12.0. The fourth-order valence-electron chi connectivity index (χ4n) is 2.79. The fraction of sp³-hybridized carbons (Fsp3) is 0.562. The topological polar surface area (TPSA) is 41.1 Å². The highest BCUT2D eigenvalue weighted by atomic mass is 16.1. The minimum absolute atomic E-state index is 0.0437. The second kappa shape index (κ2) is 6.60. The highest BCUT2D eigenvalue weighted by Crippen LogP contribution is 2.30. The molecule has 0 bridgehead atoms. The van der Waals surface area contributed by atoms with Gasteiger partial charge in [-0.15, -0.1) is 0 Å². The van der Waals surface area contributed by atoms with Gasteiger partial charge >= 0.3 is 0 Å². The van der Waals surface area contributed by atoms with Crippen LogP contribution in [0.3, 0.4) is 0 Å². The van der Waals surface area contributed by atoms with Crippen molar-refractivity contribution in [2.75, 3.05) is 18.4 Å². The van der Waals surface area contributed by atoms with E-state index in [2.05, 4.69) is 24.5 Å². The lowest BCUT2D eigenvalue weighted by molar-refractivity contribution is 0.0944. The highest BCUT2D eigenvalue weighted by molar-refractivity contribution is 5.94. The van der Waals surface area contributed by atoms with Crippen LogP contribution >= 0.6 is 0 Å². The molecule has 0 radical (unpaired) electrons. The minimum atomic E-state index is 0.0437. The van der Waals surface area contributed by atoms with Crippen LogP contribution in [0.25, 0.3) is 0 Å². The maximum Gasteiger partial charge on any atom is 0.251 e. The van der Waals surface area contributed by atoms with Gasteiger partial charge < -0.3 is 10.6 Å². The van der Waals surface area contributed by atoms with Crippen LogP contribution in [0.4, 0.5) is 5.69 Å². The van der Waals surface area contributed by atoms with Crippen molar-refractivity contribution in [3.05, 3.63) is 29.8 Å². The number of amides is 1. The summed E-state index contributed by atoms with van der Waals surface area (Å²) in [5.74, 6) is 1.45. The number of carbonyl (C=O) groups excluding carboxylic acids is 1. The molecule has 1 aromatic carbocycles. The van der Waals surface area contributed by atoms with Gasteiger partial charge in [-0.3, -0.25) is 4.79 Å². The van der Waals surface area contributed by atoms with E-state index in [0.717, 1.165) is 30.3 Å². The average molecular weight is 260 g/mol. The number of carbonyl (C=O) groups is 1. The molecular formula is C16H24N2O. The zero-order valence-electron chi connectivity index (χ0n) is 11.9. The first-order valence-electron chi connectivity index (χ1n) is 7.33. The van der Waals surface area contributed by atoms with Crippen molar-refractivity contribution in [2.24, 2.45) is 11.8 Å². The molecule has 19 heavy (non-hydrogen) atoms. The summed E-state index contributed by atoms with van der Waals surface area (Å²) < 4.78 is 0. The Bertz CT molecular complexity index is 413. The molecule has 0 heterocycles. The van der Waals surface area contributed by atoms with E-state index in [1.165, 1.54) is 19.3 Å². The fourth-order valence-corrected chi connectivity index (χ4v) is 2.79. The molecule has 3 heteroatoms. The van der Waals surface area contributed by atoms with Gasteiger partial charge in [0.05, 0.1) is 0 Å². The van der Waals surface area contributed by atoms with Crippen molar-refractivity contribution in [1.82, 2.24) is 5.32 Å². The zero-order valence-corrected chi connectivity index (χ0v) is 11.9. The number of anilines is 1. The van der Waals surface area contributed by atoms with E-state index < -0.39 is 0 Å². The van der Waals surface area contributed by atoms with E-state index in [-0.39, 0.29) is 5.91 Å². The molecule has 3 nitrogen and oxygen atoms in total. The Morgan fingerprint density at radius 3 is 2.58 bits per heavy atom. The van der Waals surface area contributed by atoms with E-state index >= 15 is 0 Å². The lowest BCUT2D eigenvalue weighted by Crippen LogP contribution is -2.30. The van der Waals surface area contributed by atoms with E-state index in [1.54, 1.807) is 0 Å². The summed E-state index contributed by atoms with van der Waals surface area (Å²) in [6.07, 6.45) is 3.86. The number of rotatable bonds is 5. The Morgan fingerprint density at radius 2 is 2.00 bits per heavy atom. The second-order valence-corrected chi connectivity index (χ2v) is 5.49. The Kier molecular flexibility index (Phi) is 4.83. The summed E-state index contributed by atoms with van der Waals surface area (Å²) in [5.41, 5.74) is 1.80. The lowest BCUT2D eigenvalue weighted by Gasteiger charge is -2.16. The van der Waals surface area contributed by atoms with Crippen molar-refractivity contribution in [3.8, 4) is 0 Å². The lowest BCUT2D eigenvalue weighted by atomic mass is 9.98. The average Bonchev–Trinajstić information content (AvgIpc) is 2.83. The third-order valence-electron chi connectivity index (χ3n) is 4.09. The van der Waals surface area contributed by atoms with Gasteiger partial charge in [-0.05, 0) is 49.4 Å². The van der Waals surface area contributed by atoms with Crippen LogP contribution in [-0.4, -0.2) is 19.0 Å². The van der Waals surface area contributed by atoms with Crippen LogP contribution in [0.1, 0.15) is 43.5 Å². The molecule has 1 fully saturated rings. The molecule has 0 spiro atoms. The monoisotopic (exact) mass is 260 g/mol. The first-order valence-corrected chi connectivity index (χ1v) is 7.33. The number of hydrogen-bond donors (Lipinski definition) is 2. The predicted octanol–water partition coefficient (Wildman–Crippen LogP) is 3.28. The molecular weight excluding hydrogens is 236 g/mol. The smallest absolute Gasteiger partial charge is 0.251 e. The SMILES string of the molecule is CCNc1ccc(C(=O)NCC2CCCC2C)cc1. The zero-order chi connectivity index (χ0) is 13.7. The van der Waals surface area contributed by atoms with Crippen molar-refractivity contribution >= 4 is 11.6 Å². The molecule has 0 aliphatic heterocycles. The molecule has 0 saturated heterocycles. The standard InChI is InChI=1S/C16H24N2O/c1-3-17-15-9-7-13(8-10-15)16(19)18-11-14-6-4-5-12(14)2/h7-10,12,14,17H,3-6,11H2,1-2H3,(H,18,19). The van der Waals surface area contributed by atoms with Gasteiger partial charge in [0.15, 0.2) is 0 Å². The Balaban J connectivity index is 1.85. The third kappa shape index (κ3) is 3.72. The van der Waals surface area contributed by atoms with Crippen LogP contribution in [0.2, 0.25) is 0 Å². The molecule has 1 aliphatic rings. The molecule has 1 aliphatic carbocycles. The Morgan fingerprint density at radius 1 is 1.26 bits per heavy atom. The minimum Gasteiger partial charge on any atom is -0.385 e. The summed E-state index contributed by atoms with van der Waals surface area (Å²) in [5, 5.41) is 6.29. The van der Waals surface area contributed by atoms with Gasteiger partial charge in [0.25, 0.3) is 5.91 Å². The first kappa shape index (κ1) is 13.9. The summed E-state index contributed by atoms with van der Waals surface area (Å²) in [6, 6.07) is 7.67. The van der Waals surface area contributed by atoms with Crippen LogP contribution in [0.15, 0.2) is 24.3 Å². The van der Waals surface area contributed by atoms with Crippen molar-refractivity contribution in [1.29, 1.82) is 0 Å². The van der Waals surface area contributed by atoms with E-state index in [9.17, 15) is 4.79 Å². The number of hydrogen-bond acceptors (Lipinski definition) is 2. The third-order valence-corrected chi connectivity index (χ3v) is 4.09. The quantitative estimate of drug-likeness (QED) is 0.853. The van der Waals surface area contributed by atoms with Crippen LogP contribution < -0.4 is 10.6 Å². The number of benzene rings is 1. The Labute approximate surface area is 115 Å². The summed E-state index contributed by atoms with van der Waals surface area (Å²) in [4.78, 5) is 12.0. The van der Waals surface area contributed by atoms with Crippen LogP contribution in [0.5, 0.6) is 0 Å². The summed E-state index contributed by atoms with van der Waals surface area (Å²) in [6.45, 7) is 6.05. The summed E-state index contributed by atoms with van der Waals surface area (Å²) >= 11 is 0. The van der Waals surface area contributed by atoms with E-state index in [0.29, 0.717) is 5.92 Å². The van der Waals surface area contributed by atoms with Crippen LogP contribution in [-0.2, 0) is 0 Å². The molecule has 1 aromatic rings.